The standard InChI is InChI=1S/C21H26N4O2S/c1-14-5-8-24(9-6-14)12-18-13-28-21(22-18)23-20(27)17-3-4-19-16(11-17)7-10-25(19)15(2)26/h3-4,11,13-14H,5-10,12H2,1-2H3,(H,22,23,27). The Morgan fingerprint density at radius 1 is 1.25 bits per heavy atom. The third kappa shape index (κ3) is 4.10. The first-order valence-corrected chi connectivity index (χ1v) is 10.8. The van der Waals surface area contributed by atoms with Gasteiger partial charge in [-0.3, -0.25) is 19.8 Å². The summed E-state index contributed by atoms with van der Waals surface area (Å²) in [7, 11) is 0. The van der Waals surface area contributed by atoms with E-state index < -0.39 is 0 Å². The van der Waals surface area contributed by atoms with Crippen LogP contribution in [0.1, 0.15) is 48.3 Å². The third-order valence-corrected chi connectivity index (χ3v) is 6.46. The number of benzene rings is 1. The largest absolute Gasteiger partial charge is 0.312 e. The van der Waals surface area contributed by atoms with Gasteiger partial charge in [0.05, 0.1) is 5.69 Å². The summed E-state index contributed by atoms with van der Waals surface area (Å²) in [5.74, 6) is 0.697. The highest BCUT2D eigenvalue weighted by Gasteiger charge is 2.23. The molecule has 1 saturated heterocycles. The van der Waals surface area contributed by atoms with E-state index in [1.807, 2.05) is 17.5 Å². The number of hydrogen-bond donors (Lipinski definition) is 1. The Labute approximate surface area is 169 Å². The van der Waals surface area contributed by atoms with Crippen molar-refractivity contribution < 1.29 is 9.59 Å². The van der Waals surface area contributed by atoms with Crippen molar-refractivity contribution in [2.75, 3.05) is 29.9 Å². The number of nitrogens with zero attached hydrogens (tertiary/aromatic N) is 3. The van der Waals surface area contributed by atoms with Gasteiger partial charge in [0.15, 0.2) is 5.13 Å². The molecular weight excluding hydrogens is 372 g/mol. The van der Waals surface area contributed by atoms with Gasteiger partial charge in [-0.15, -0.1) is 11.3 Å². The lowest BCUT2D eigenvalue weighted by Crippen LogP contribution is -2.32. The van der Waals surface area contributed by atoms with E-state index in [9.17, 15) is 9.59 Å². The van der Waals surface area contributed by atoms with Gasteiger partial charge in [-0.05, 0) is 62.0 Å². The minimum absolute atomic E-state index is 0.0365. The van der Waals surface area contributed by atoms with Crippen molar-refractivity contribution in [3.05, 3.63) is 40.4 Å². The van der Waals surface area contributed by atoms with Gasteiger partial charge in [0.25, 0.3) is 5.91 Å². The summed E-state index contributed by atoms with van der Waals surface area (Å²) < 4.78 is 0. The molecule has 0 radical (unpaired) electrons. The number of nitrogens with one attached hydrogen (secondary N) is 1. The molecule has 1 N–H and O–H groups in total. The molecule has 0 spiro atoms. The van der Waals surface area contributed by atoms with Gasteiger partial charge in [0.2, 0.25) is 5.91 Å². The summed E-state index contributed by atoms with van der Waals surface area (Å²) in [4.78, 5) is 33.1. The van der Waals surface area contributed by atoms with E-state index in [0.717, 1.165) is 48.9 Å². The van der Waals surface area contributed by atoms with Crippen molar-refractivity contribution >= 4 is 34.0 Å². The van der Waals surface area contributed by atoms with Crippen LogP contribution in [-0.4, -0.2) is 41.3 Å². The Kier molecular flexibility index (Phi) is 5.46. The minimum atomic E-state index is -0.156. The highest BCUT2D eigenvalue weighted by atomic mass is 32.1. The number of carbonyl (C=O) groups excluding carboxylic acids is 2. The second-order valence-electron chi connectivity index (χ2n) is 7.82. The molecule has 1 aromatic carbocycles. The van der Waals surface area contributed by atoms with Crippen molar-refractivity contribution in [1.29, 1.82) is 0 Å². The minimum Gasteiger partial charge on any atom is -0.312 e. The first-order valence-electron chi connectivity index (χ1n) is 9.89. The maximum atomic E-state index is 12.6. The molecule has 0 saturated carbocycles. The van der Waals surface area contributed by atoms with Crippen LogP contribution in [0.25, 0.3) is 0 Å². The number of likely N-dealkylation sites (tertiary alicyclic amines) is 1. The fraction of sp³-hybridized carbons (Fsp3) is 0.476. The fourth-order valence-corrected chi connectivity index (χ4v) is 4.62. The van der Waals surface area contributed by atoms with Crippen LogP contribution in [-0.2, 0) is 17.8 Å². The maximum absolute atomic E-state index is 12.6. The van der Waals surface area contributed by atoms with Gasteiger partial charge >= 0.3 is 0 Å². The smallest absolute Gasteiger partial charge is 0.257 e. The van der Waals surface area contributed by atoms with Gasteiger partial charge in [-0.1, -0.05) is 6.92 Å². The molecule has 1 aromatic heterocycles. The molecule has 2 amide bonds. The van der Waals surface area contributed by atoms with E-state index in [1.165, 1.54) is 24.2 Å². The molecule has 2 aliphatic rings. The average Bonchev–Trinajstić information content (AvgIpc) is 3.29. The summed E-state index contributed by atoms with van der Waals surface area (Å²) >= 11 is 1.47. The van der Waals surface area contributed by atoms with Gasteiger partial charge < -0.3 is 4.90 Å². The molecule has 4 rings (SSSR count). The quantitative estimate of drug-likeness (QED) is 0.856. The number of hydrogen-bond acceptors (Lipinski definition) is 5. The molecular formula is C21H26N4O2S. The van der Waals surface area contributed by atoms with Crippen LogP contribution in [0.2, 0.25) is 0 Å². The first kappa shape index (κ1) is 19.1. The predicted molar refractivity (Wildman–Crippen MR) is 112 cm³/mol. The molecule has 2 aliphatic heterocycles. The van der Waals surface area contributed by atoms with E-state index >= 15 is 0 Å². The summed E-state index contributed by atoms with van der Waals surface area (Å²) in [6.07, 6.45) is 3.27. The van der Waals surface area contributed by atoms with Gasteiger partial charge in [-0.2, -0.15) is 0 Å². The monoisotopic (exact) mass is 398 g/mol. The maximum Gasteiger partial charge on any atom is 0.257 e. The molecule has 2 aromatic rings. The molecule has 28 heavy (non-hydrogen) atoms. The van der Waals surface area contributed by atoms with Crippen LogP contribution < -0.4 is 10.2 Å². The second kappa shape index (κ2) is 8.01. The fourth-order valence-electron chi connectivity index (χ4n) is 3.93. The number of piperidine rings is 1. The predicted octanol–water partition coefficient (Wildman–Crippen LogP) is 3.54. The molecule has 6 nitrogen and oxygen atoms in total. The molecule has 0 aliphatic carbocycles. The van der Waals surface area contributed by atoms with Crippen molar-refractivity contribution in [2.24, 2.45) is 5.92 Å². The van der Waals surface area contributed by atoms with Crippen molar-refractivity contribution in [1.82, 2.24) is 9.88 Å². The summed E-state index contributed by atoms with van der Waals surface area (Å²) in [5.41, 5.74) is 3.57. The zero-order chi connectivity index (χ0) is 19.7. The number of anilines is 2. The summed E-state index contributed by atoms with van der Waals surface area (Å²) in [5, 5.41) is 5.58. The average molecular weight is 399 g/mol. The normalized spacial score (nSPS) is 17.6. The lowest BCUT2D eigenvalue weighted by molar-refractivity contribution is -0.116. The highest BCUT2D eigenvalue weighted by molar-refractivity contribution is 7.14. The van der Waals surface area contributed by atoms with Crippen molar-refractivity contribution in [2.45, 2.75) is 39.7 Å². The lowest BCUT2D eigenvalue weighted by atomic mass is 9.99. The Hall–Kier alpha value is -2.25. The Balaban J connectivity index is 1.38. The second-order valence-corrected chi connectivity index (χ2v) is 8.68. The molecule has 0 atom stereocenters. The van der Waals surface area contributed by atoms with E-state index in [0.29, 0.717) is 17.2 Å². The molecule has 0 bridgehead atoms. The molecule has 148 valence electrons. The SMILES string of the molecule is CC(=O)N1CCc2cc(C(=O)Nc3nc(CN4CCC(C)CC4)cs3)ccc21. The molecule has 7 heteroatoms. The van der Waals surface area contributed by atoms with E-state index in [1.54, 1.807) is 17.9 Å². The van der Waals surface area contributed by atoms with E-state index in [4.69, 9.17) is 0 Å². The van der Waals surface area contributed by atoms with Crippen molar-refractivity contribution in [3.8, 4) is 0 Å². The van der Waals surface area contributed by atoms with Crippen LogP contribution in [0.15, 0.2) is 23.6 Å². The first-order chi connectivity index (χ1) is 13.5. The van der Waals surface area contributed by atoms with Gasteiger partial charge in [0.1, 0.15) is 0 Å². The lowest BCUT2D eigenvalue weighted by Gasteiger charge is -2.29. The number of carbonyl (C=O) groups is 2. The molecule has 1 fully saturated rings. The van der Waals surface area contributed by atoms with Gasteiger partial charge in [-0.25, -0.2) is 4.98 Å². The van der Waals surface area contributed by atoms with Crippen LogP contribution in [0.5, 0.6) is 0 Å². The van der Waals surface area contributed by atoms with E-state index in [-0.39, 0.29) is 11.8 Å². The van der Waals surface area contributed by atoms with Crippen LogP contribution in [0.4, 0.5) is 10.8 Å². The number of aromatic nitrogens is 1. The Morgan fingerprint density at radius 3 is 2.79 bits per heavy atom. The highest BCUT2D eigenvalue weighted by Crippen LogP contribution is 2.29. The molecule has 0 unspecified atom stereocenters. The zero-order valence-electron chi connectivity index (χ0n) is 16.4. The number of amides is 2. The van der Waals surface area contributed by atoms with E-state index in [2.05, 4.69) is 22.1 Å². The number of rotatable bonds is 4. The summed E-state index contributed by atoms with van der Waals surface area (Å²) in [6, 6.07) is 5.53. The number of thiazole rings is 1. The Bertz CT molecular complexity index is 886. The van der Waals surface area contributed by atoms with Gasteiger partial charge in [0, 0.05) is 36.6 Å². The third-order valence-electron chi connectivity index (χ3n) is 5.65. The Morgan fingerprint density at radius 2 is 2.04 bits per heavy atom. The summed E-state index contributed by atoms with van der Waals surface area (Å²) in [6.45, 7) is 7.64. The van der Waals surface area contributed by atoms with Crippen LogP contribution in [0, 0.1) is 5.92 Å². The zero-order valence-corrected chi connectivity index (χ0v) is 17.2. The van der Waals surface area contributed by atoms with Crippen LogP contribution in [0.3, 0.4) is 0 Å². The van der Waals surface area contributed by atoms with Crippen molar-refractivity contribution in [3.63, 3.8) is 0 Å². The van der Waals surface area contributed by atoms with Crippen LogP contribution >= 0.6 is 11.3 Å². The molecule has 3 heterocycles. The topological polar surface area (TPSA) is 65.5 Å². The number of fused-ring (bicyclic) bond motifs is 1.